The Kier molecular flexibility index (Phi) is 29.1. The second-order valence-electron chi connectivity index (χ2n) is 21.1. The van der Waals surface area contributed by atoms with Crippen molar-refractivity contribution in [2.24, 2.45) is 5.41 Å². The molecule has 0 aromatic heterocycles. The average Bonchev–Trinajstić information content (AvgIpc) is 2.99. The third kappa shape index (κ3) is 25.1. The number of unbranched alkanes of at least 4 members (excludes halogenated alkanes) is 12. The lowest BCUT2D eigenvalue weighted by molar-refractivity contribution is -0.173. The molecule has 0 bridgehead atoms. The van der Waals surface area contributed by atoms with Crippen molar-refractivity contribution in [2.75, 3.05) is 51.1 Å². The SMILES string of the molecule is CCCCCCOc1ccc(OC(=O)/C=C/c2ccc(OCCCCCCOC(=O)C(Cc3ccc(N)cc3)(Cc3ccc(N)cc3)C(=O)OCCCCCCOc3ccc(/C=C/C(=O)Oc4ccc(OCCCCCC)cc4)cc3)cc2)cc1. The van der Waals surface area contributed by atoms with Crippen LogP contribution in [0.3, 0.4) is 0 Å². The fourth-order valence-corrected chi connectivity index (χ4v) is 9.13. The van der Waals surface area contributed by atoms with Gasteiger partial charge in [0, 0.05) is 23.5 Å². The van der Waals surface area contributed by atoms with Crippen LogP contribution in [0.2, 0.25) is 0 Å². The molecule has 0 unspecified atom stereocenters. The van der Waals surface area contributed by atoms with Gasteiger partial charge in [0.25, 0.3) is 0 Å². The quantitative estimate of drug-likeness (QED) is 0.00921. The van der Waals surface area contributed by atoms with Crippen LogP contribution in [0.5, 0.6) is 34.5 Å². The Morgan fingerprint density at radius 2 is 0.635 bits per heavy atom. The van der Waals surface area contributed by atoms with E-state index in [1.165, 1.54) is 37.8 Å². The Hall–Kier alpha value is -8.52. The van der Waals surface area contributed by atoms with Crippen molar-refractivity contribution in [1.29, 1.82) is 0 Å². The van der Waals surface area contributed by atoms with Crippen molar-refractivity contribution >= 4 is 47.4 Å². The van der Waals surface area contributed by atoms with Crippen LogP contribution in [-0.2, 0) is 41.5 Å². The minimum atomic E-state index is -1.68. The second kappa shape index (κ2) is 37.6. The molecule has 0 heterocycles. The summed E-state index contributed by atoms with van der Waals surface area (Å²) in [5.74, 6) is 1.55. The van der Waals surface area contributed by atoms with E-state index < -0.39 is 29.3 Å². The lowest BCUT2D eigenvalue weighted by Gasteiger charge is -2.30. The number of nitrogen functional groups attached to an aromatic ring is 2. The van der Waals surface area contributed by atoms with Crippen molar-refractivity contribution in [3.8, 4) is 34.5 Å². The maximum Gasteiger partial charge on any atom is 0.336 e. The molecular weight excluding hydrogens is 1070 g/mol. The zero-order valence-electron chi connectivity index (χ0n) is 49.7. The number of esters is 4. The molecule has 4 N–H and O–H groups in total. The summed E-state index contributed by atoms with van der Waals surface area (Å²) in [6.07, 6.45) is 21.3. The summed E-state index contributed by atoms with van der Waals surface area (Å²) >= 11 is 0. The number of carbonyl (C=O) groups is 4. The Morgan fingerprint density at radius 1 is 0.353 bits per heavy atom. The maximum atomic E-state index is 14.4. The van der Waals surface area contributed by atoms with Crippen molar-refractivity contribution < 1.29 is 57.1 Å². The molecule has 0 aliphatic heterocycles. The van der Waals surface area contributed by atoms with Crippen molar-refractivity contribution in [2.45, 2.75) is 129 Å². The number of benzene rings is 6. The largest absolute Gasteiger partial charge is 0.494 e. The van der Waals surface area contributed by atoms with E-state index in [-0.39, 0.29) is 26.1 Å². The van der Waals surface area contributed by atoms with Crippen LogP contribution < -0.4 is 39.9 Å². The topological polar surface area (TPSA) is 194 Å². The summed E-state index contributed by atoms with van der Waals surface area (Å²) in [4.78, 5) is 53.8. The number of carbonyl (C=O) groups excluding carboxylic acids is 4. The second-order valence-corrected chi connectivity index (χ2v) is 21.1. The fraction of sp³-hybridized carbons (Fsp3) is 0.380. The van der Waals surface area contributed by atoms with Crippen LogP contribution in [-0.4, -0.2) is 63.5 Å². The molecule has 0 radical (unpaired) electrons. The number of hydrogen-bond donors (Lipinski definition) is 2. The highest BCUT2D eigenvalue weighted by atomic mass is 16.6. The van der Waals surface area contributed by atoms with Gasteiger partial charge in [-0.2, -0.15) is 0 Å². The summed E-state index contributed by atoms with van der Waals surface area (Å²) in [6.45, 7) is 6.95. The van der Waals surface area contributed by atoms with Gasteiger partial charge in [-0.3, -0.25) is 9.59 Å². The molecule has 6 rings (SSSR count). The smallest absolute Gasteiger partial charge is 0.336 e. The molecule has 6 aromatic carbocycles. The first-order valence-corrected chi connectivity index (χ1v) is 30.2. The molecule has 0 fully saturated rings. The monoisotopic (exact) mass is 1160 g/mol. The van der Waals surface area contributed by atoms with Gasteiger partial charge in [0.2, 0.25) is 0 Å². The number of anilines is 2. The maximum absolute atomic E-state index is 14.4. The molecule has 6 aromatic rings. The minimum Gasteiger partial charge on any atom is -0.494 e. The highest BCUT2D eigenvalue weighted by Gasteiger charge is 2.49. The molecule has 14 nitrogen and oxygen atoms in total. The van der Waals surface area contributed by atoms with Crippen LogP contribution in [0, 0.1) is 5.41 Å². The molecule has 14 heteroatoms. The van der Waals surface area contributed by atoms with E-state index in [1.54, 1.807) is 84.9 Å². The van der Waals surface area contributed by atoms with E-state index in [2.05, 4.69) is 13.8 Å². The van der Waals surface area contributed by atoms with E-state index >= 15 is 0 Å². The number of nitrogens with two attached hydrogens (primary N) is 2. The number of hydrogen-bond acceptors (Lipinski definition) is 14. The summed E-state index contributed by atoms with van der Waals surface area (Å²) in [7, 11) is 0. The molecule has 85 heavy (non-hydrogen) atoms. The van der Waals surface area contributed by atoms with Gasteiger partial charge in [0.1, 0.15) is 34.5 Å². The van der Waals surface area contributed by atoms with Crippen molar-refractivity contribution in [3.63, 3.8) is 0 Å². The van der Waals surface area contributed by atoms with Gasteiger partial charge in [-0.1, -0.05) is 101 Å². The van der Waals surface area contributed by atoms with Gasteiger partial charge in [0.15, 0.2) is 5.41 Å². The highest BCUT2D eigenvalue weighted by molar-refractivity contribution is 6.01. The molecule has 0 saturated carbocycles. The minimum absolute atomic E-state index is 0.0489. The molecule has 452 valence electrons. The first-order valence-electron chi connectivity index (χ1n) is 30.2. The summed E-state index contributed by atoms with van der Waals surface area (Å²) in [5, 5.41) is 0. The van der Waals surface area contributed by atoms with E-state index in [0.717, 1.165) is 98.0 Å². The molecule has 0 aliphatic rings. The van der Waals surface area contributed by atoms with Crippen molar-refractivity contribution in [3.05, 3.63) is 180 Å². The molecule has 0 aliphatic carbocycles. The third-order valence-electron chi connectivity index (χ3n) is 14.0. The summed E-state index contributed by atoms with van der Waals surface area (Å²) < 4.78 is 46.4. The molecule has 0 amide bonds. The average molecular weight is 1160 g/mol. The Morgan fingerprint density at radius 3 is 0.953 bits per heavy atom. The van der Waals surface area contributed by atoms with Crippen LogP contribution in [0.15, 0.2) is 158 Å². The predicted octanol–water partition coefficient (Wildman–Crippen LogP) is 15.1. The predicted molar refractivity (Wildman–Crippen MR) is 336 cm³/mol. The highest BCUT2D eigenvalue weighted by Crippen LogP contribution is 2.33. The fourth-order valence-electron chi connectivity index (χ4n) is 9.13. The normalized spacial score (nSPS) is 11.3. The zero-order chi connectivity index (χ0) is 60.2. The van der Waals surface area contributed by atoms with Gasteiger partial charge < -0.3 is 49.4 Å². The van der Waals surface area contributed by atoms with E-state index in [1.807, 2.05) is 72.8 Å². The van der Waals surface area contributed by atoms with Crippen LogP contribution in [0.1, 0.15) is 139 Å². The molecule has 0 saturated heterocycles. The van der Waals surface area contributed by atoms with Gasteiger partial charge in [-0.25, -0.2) is 9.59 Å². The first kappa shape index (κ1) is 65.6. The van der Waals surface area contributed by atoms with E-state index in [9.17, 15) is 19.2 Å². The van der Waals surface area contributed by atoms with Crippen LogP contribution in [0.4, 0.5) is 11.4 Å². The number of rotatable bonds is 40. The van der Waals surface area contributed by atoms with Gasteiger partial charge >= 0.3 is 23.9 Å². The lowest BCUT2D eigenvalue weighted by Crippen LogP contribution is -2.46. The van der Waals surface area contributed by atoms with Crippen molar-refractivity contribution in [1.82, 2.24) is 0 Å². The van der Waals surface area contributed by atoms with Crippen LogP contribution >= 0.6 is 0 Å². The summed E-state index contributed by atoms with van der Waals surface area (Å²) in [5.41, 5.74) is 14.6. The van der Waals surface area contributed by atoms with Gasteiger partial charge in [-0.15, -0.1) is 0 Å². The molecular formula is C71H86N2O12. The Bertz CT molecular complexity index is 2740. The molecule has 0 atom stereocenters. The Labute approximate surface area is 502 Å². The third-order valence-corrected chi connectivity index (χ3v) is 14.0. The number of ether oxygens (including phenoxy) is 8. The first-order chi connectivity index (χ1) is 41.5. The van der Waals surface area contributed by atoms with Gasteiger partial charge in [-0.05, 0) is 209 Å². The summed E-state index contributed by atoms with van der Waals surface area (Å²) in [6, 6.07) is 43.3. The van der Waals surface area contributed by atoms with E-state index in [4.69, 9.17) is 49.4 Å². The van der Waals surface area contributed by atoms with Crippen LogP contribution in [0.25, 0.3) is 12.2 Å². The standard InChI is InChI=1S/C71H86N2O12/c1-3-5-7-13-47-80-63-37-41-65(42-38-63)84-67(74)45-27-55-23-33-61(34-24-55)78-49-15-9-11-17-51-82-69(76)71(53-57-19-29-59(72)30-20-57,54-58-21-31-60(73)32-22-58)70(77)83-52-18-12-10-16-50-79-62-35-25-56(26-36-62)28-46-68(75)85-66-43-39-64(40-44-66)81-48-14-8-6-4-2/h19-46H,3-18,47-54,72-73H2,1-2H3/b45-27+,46-28+. The zero-order valence-corrected chi connectivity index (χ0v) is 49.7. The van der Waals surface area contributed by atoms with Gasteiger partial charge in [0.05, 0.1) is 39.6 Å². The molecule has 0 spiro atoms. The van der Waals surface area contributed by atoms with E-state index in [0.29, 0.717) is 73.6 Å². The Balaban J connectivity index is 0.894. The lowest BCUT2D eigenvalue weighted by atomic mass is 9.76.